The van der Waals surface area contributed by atoms with Gasteiger partial charge in [-0.25, -0.2) is 8.42 Å². The van der Waals surface area contributed by atoms with E-state index in [1.165, 1.54) is 15.6 Å². The molecular formula is C11H16N2O2S3. The van der Waals surface area contributed by atoms with Crippen LogP contribution in [0.4, 0.5) is 0 Å². The smallest absolute Gasteiger partial charge is 0.252 e. The van der Waals surface area contributed by atoms with Crippen LogP contribution in [0.1, 0.15) is 17.7 Å². The summed E-state index contributed by atoms with van der Waals surface area (Å²) < 4.78 is 26.7. The van der Waals surface area contributed by atoms with Crippen LogP contribution < -0.4 is 5.73 Å². The molecule has 100 valence electrons. The highest BCUT2D eigenvalue weighted by molar-refractivity contribution is 7.91. The SMILES string of the molecule is Cc1ccc(S(=O)(=O)N2CCC(C(N)=S)CC2)s1. The lowest BCUT2D eigenvalue weighted by Crippen LogP contribution is -2.41. The summed E-state index contributed by atoms with van der Waals surface area (Å²) in [6, 6.07) is 3.51. The molecule has 1 saturated heterocycles. The number of sulfonamides is 1. The first-order valence-corrected chi connectivity index (χ1v) is 8.43. The van der Waals surface area contributed by atoms with E-state index in [9.17, 15) is 8.42 Å². The molecule has 4 nitrogen and oxygen atoms in total. The summed E-state index contributed by atoms with van der Waals surface area (Å²) in [5.41, 5.74) is 5.60. The van der Waals surface area contributed by atoms with Crippen molar-refractivity contribution < 1.29 is 8.42 Å². The van der Waals surface area contributed by atoms with Gasteiger partial charge in [-0.05, 0) is 31.9 Å². The second kappa shape index (κ2) is 5.24. The van der Waals surface area contributed by atoms with Crippen LogP contribution in [-0.4, -0.2) is 30.8 Å². The highest BCUT2D eigenvalue weighted by Crippen LogP contribution is 2.28. The van der Waals surface area contributed by atoms with Crippen LogP contribution in [0.15, 0.2) is 16.3 Å². The Morgan fingerprint density at radius 3 is 2.50 bits per heavy atom. The molecule has 0 aromatic carbocycles. The minimum absolute atomic E-state index is 0.177. The molecule has 0 radical (unpaired) electrons. The topological polar surface area (TPSA) is 63.4 Å². The molecule has 0 bridgehead atoms. The first kappa shape index (κ1) is 13.9. The molecule has 2 rings (SSSR count). The molecule has 1 aliphatic rings. The molecule has 0 unspecified atom stereocenters. The van der Waals surface area contributed by atoms with E-state index >= 15 is 0 Å². The van der Waals surface area contributed by atoms with Crippen LogP contribution in [0.25, 0.3) is 0 Å². The van der Waals surface area contributed by atoms with E-state index < -0.39 is 10.0 Å². The quantitative estimate of drug-likeness (QED) is 0.864. The Kier molecular flexibility index (Phi) is 4.05. The highest BCUT2D eigenvalue weighted by Gasteiger charge is 2.30. The average molecular weight is 304 g/mol. The van der Waals surface area contributed by atoms with Crippen molar-refractivity contribution >= 4 is 38.6 Å². The van der Waals surface area contributed by atoms with Crippen molar-refractivity contribution in [3.05, 3.63) is 17.0 Å². The number of piperidine rings is 1. The van der Waals surface area contributed by atoms with Gasteiger partial charge >= 0.3 is 0 Å². The Bertz CT molecular complexity index is 542. The van der Waals surface area contributed by atoms with E-state index in [0.29, 0.717) is 22.3 Å². The Morgan fingerprint density at radius 2 is 2.06 bits per heavy atom. The number of thiophene rings is 1. The molecule has 18 heavy (non-hydrogen) atoms. The number of rotatable bonds is 3. The van der Waals surface area contributed by atoms with Gasteiger partial charge in [-0.1, -0.05) is 12.2 Å². The van der Waals surface area contributed by atoms with Gasteiger partial charge in [0.2, 0.25) is 0 Å². The third-order valence-corrected chi connectivity index (χ3v) is 6.87. The zero-order valence-corrected chi connectivity index (χ0v) is 12.6. The molecule has 0 amide bonds. The van der Waals surface area contributed by atoms with Crippen LogP contribution >= 0.6 is 23.6 Å². The van der Waals surface area contributed by atoms with Crippen LogP contribution in [-0.2, 0) is 10.0 Å². The van der Waals surface area contributed by atoms with Gasteiger partial charge in [0.15, 0.2) is 0 Å². The lowest BCUT2D eigenvalue weighted by atomic mass is 9.98. The molecule has 1 aromatic rings. The Morgan fingerprint density at radius 1 is 1.44 bits per heavy atom. The maximum atomic E-state index is 12.3. The van der Waals surface area contributed by atoms with E-state index in [4.69, 9.17) is 18.0 Å². The van der Waals surface area contributed by atoms with Gasteiger partial charge in [0.25, 0.3) is 10.0 Å². The second-order valence-electron chi connectivity index (χ2n) is 4.45. The zero-order chi connectivity index (χ0) is 13.3. The van der Waals surface area contributed by atoms with Gasteiger partial charge in [-0.15, -0.1) is 11.3 Å². The van der Waals surface area contributed by atoms with Gasteiger partial charge in [-0.3, -0.25) is 0 Å². The third-order valence-electron chi connectivity index (χ3n) is 3.17. The first-order chi connectivity index (χ1) is 8.41. The fraction of sp³-hybridized carbons (Fsp3) is 0.545. The maximum Gasteiger partial charge on any atom is 0.252 e. The highest BCUT2D eigenvalue weighted by atomic mass is 32.2. The average Bonchev–Trinajstić information content (AvgIpc) is 2.76. The van der Waals surface area contributed by atoms with Crippen molar-refractivity contribution in [3.8, 4) is 0 Å². The van der Waals surface area contributed by atoms with Gasteiger partial charge < -0.3 is 5.73 Å². The lowest BCUT2D eigenvalue weighted by Gasteiger charge is -2.30. The fourth-order valence-corrected chi connectivity index (χ4v) is 5.20. The molecule has 0 spiro atoms. The minimum atomic E-state index is -3.32. The number of nitrogens with two attached hydrogens (primary N) is 1. The van der Waals surface area contributed by atoms with Gasteiger partial charge in [0.05, 0.1) is 4.99 Å². The first-order valence-electron chi connectivity index (χ1n) is 5.77. The summed E-state index contributed by atoms with van der Waals surface area (Å²) in [5, 5.41) is 0. The number of aryl methyl sites for hydroxylation is 1. The van der Waals surface area contributed by atoms with Crippen LogP contribution in [0.3, 0.4) is 0 Å². The number of thiocarbonyl (C=S) groups is 1. The summed E-state index contributed by atoms with van der Waals surface area (Å²) in [4.78, 5) is 1.51. The Labute approximate surface area is 117 Å². The zero-order valence-electron chi connectivity index (χ0n) is 10.1. The van der Waals surface area contributed by atoms with E-state index in [0.717, 1.165) is 17.7 Å². The predicted molar refractivity (Wildman–Crippen MR) is 77.3 cm³/mol. The molecule has 7 heteroatoms. The van der Waals surface area contributed by atoms with Crippen molar-refractivity contribution in [2.45, 2.75) is 24.0 Å². The molecule has 2 N–H and O–H groups in total. The Hall–Kier alpha value is -0.500. The summed E-state index contributed by atoms with van der Waals surface area (Å²) in [6.45, 7) is 2.91. The lowest BCUT2D eigenvalue weighted by molar-refractivity contribution is 0.317. The molecule has 1 fully saturated rings. The second-order valence-corrected chi connectivity index (χ2v) is 8.37. The van der Waals surface area contributed by atoms with E-state index in [-0.39, 0.29) is 5.92 Å². The van der Waals surface area contributed by atoms with Crippen molar-refractivity contribution in [1.29, 1.82) is 0 Å². The standard InChI is InChI=1S/C11H16N2O2S3/c1-8-2-3-10(17-8)18(14,15)13-6-4-9(5-7-13)11(12)16/h2-3,9H,4-7H2,1H3,(H2,12,16). The van der Waals surface area contributed by atoms with E-state index in [2.05, 4.69) is 0 Å². The summed E-state index contributed by atoms with van der Waals surface area (Å²) >= 11 is 6.27. The van der Waals surface area contributed by atoms with Gasteiger partial charge in [0, 0.05) is 23.9 Å². The minimum Gasteiger partial charge on any atom is -0.393 e. The summed E-state index contributed by atoms with van der Waals surface area (Å²) in [6.07, 6.45) is 1.44. The van der Waals surface area contributed by atoms with Crippen molar-refractivity contribution in [1.82, 2.24) is 4.31 Å². The van der Waals surface area contributed by atoms with Crippen molar-refractivity contribution in [2.24, 2.45) is 11.7 Å². The van der Waals surface area contributed by atoms with Crippen molar-refractivity contribution in [3.63, 3.8) is 0 Å². The number of nitrogens with zero attached hydrogens (tertiary/aromatic N) is 1. The Balaban J connectivity index is 2.12. The molecule has 1 aliphatic heterocycles. The van der Waals surface area contributed by atoms with E-state index in [1.54, 1.807) is 6.07 Å². The largest absolute Gasteiger partial charge is 0.393 e. The monoisotopic (exact) mass is 304 g/mol. The number of hydrogen-bond donors (Lipinski definition) is 1. The van der Waals surface area contributed by atoms with Crippen LogP contribution in [0, 0.1) is 12.8 Å². The number of hydrogen-bond acceptors (Lipinski definition) is 4. The van der Waals surface area contributed by atoms with E-state index in [1.807, 2.05) is 13.0 Å². The molecule has 0 saturated carbocycles. The maximum absolute atomic E-state index is 12.3. The predicted octanol–water partition coefficient (Wildman–Crippen LogP) is 1.74. The summed E-state index contributed by atoms with van der Waals surface area (Å²) in [5.74, 6) is 0.177. The molecular weight excluding hydrogens is 288 g/mol. The van der Waals surface area contributed by atoms with Crippen LogP contribution in [0.5, 0.6) is 0 Å². The molecule has 2 heterocycles. The molecule has 0 atom stereocenters. The van der Waals surface area contributed by atoms with Crippen molar-refractivity contribution in [2.75, 3.05) is 13.1 Å². The van der Waals surface area contributed by atoms with Gasteiger partial charge in [0.1, 0.15) is 4.21 Å². The van der Waals surface area contributed by atoms with Crippen LogP contribution in [0.2, 0.25) is 0 Å². The van der Waals surface area contributed by atoms with Gasteiger partial charge in [-0.2, -0.15) is 4.31 Å². The summed E-state index contributed by atoms with van der Waals surface area (Å²) in [7, 11) is -3.32. The third kappa shape index (κ3) is 2.74. The normalized spacial score (nSPS) is 18.9. The molecule has 0 aliphatic carbocycles. The fourth-order valence-electron chi connectivity index (χ4n) is 2.06. The molecule has 1 aromatic heterocycles.